The van der Waals surface area contributed by atoms with Crippen LogP contribution in [0.1, 0.15) is 18.9 Å². The van der Waals surface area contributed by atoms with Gasteiger partial charge in [-0.2, -0.15) is 0 Å². The summed E-state index contributed by atoms with van der Waals surface area (Å²) in [6, 6.07) is 8.61. The highest BCUT2D eigenvalue weighted by Gasteiger charge is 2.37. The lowest BCUT2D eigenvalue weighted by Crippen LogP contribution is -2.41. The molecule has 0 fully saturated rings. The number of hydrogen-bond donors (Lipinski definition) is 3. The van der Waals surface area contributed by atoms with Crippen LogP contribution in [0.25, 0.3) is 0 Å². The second kappa shape index (κ2) is 7.75. The molecule has 0 aliphatic carbocycles. The first kappa shape index (κ1) is 17.1. The van der Waals surface area contributed by atoms with Gasteiger partial charge in [0.25, 0.3) is 0 Å². The number of carboxylic acid groups (broad SMARTS) is 1. The molecule has 0 saturated heterocycles. The van der Waals surface area contributed by atoms with E-state index in [4.69, 9.17) is 4.74 Å². The summed E-state index contributed by atoms with van der Waals surface area (Å²) in [5.41, 5.74) is -0.748. The van der Waals surface area contributed by atoms with Crippen LogP contribution in [0.5, 0.6) is 0 Å². The molecule has 0 saturated carbocycles. The molecule has 1 rings (SSSR count). The van der Waals surface area contributed by atoms with Crippen molar-refractivity contribution in [1.29, 1.82) is 0 Å². The second-order valence-corrected chi connectivity index (χ2v) is 5.09. The number of carbonyl (C=O) groups is 2. The van der Waals surface area contributed by atoms with E-state index >= 15 is 0 Å². The van der Waals surface area contributed by atoms with E-state index in [1.165, 1.54) is 14.0 Å². The molecule has 0 aliphatic rings. The minimum Gasteiger partial charge on any atom is -0.481 e. The van der Waals surface area contributed by atoms with Crippen molar-refractivity contribution in [2.75, 3.05) is 20.3 Å². The second-order valence-electron chi connectivity index (χ2n) is 5.09. The van der Waals surface area contributed by atoms with Crippen molar-refractivity contribution >= 4 is 11.9 Å². The van der Waals surface area contributed by atoms with Gasteiger partial charge in [0.05, 0.1) is 18.1 Å². The maximum atomic E-state index is 11.9. The van der Waals surface area contributed by atoms with Crippen LogP contribution in [0.2, 0.25) is 0 Å². The molecular formula is C15H21NO5. The Morgan fingerprint density at radius 2 is 1.95 bits per heavy atom. The first-order valence-electron chi connectivity index (χ1n) is 6.62. The van der Waals surface area contributed by atoms with Gasteiger partial charge in [0.2, 0.25) is 5.91 Å². The van der Waals surface area contributed by atoms with Crippen molar-refractivity contribution in [3.8, 4) is 0 Å². The SMILES string of the molecule is COCC(O)CNC(=O)CC(C)(C(=O)O)c1ccccc1. The molecule has 6 nitrogen and oxygen atoms in total. The Morgan fingerprint density at radius 3 is 2.48 bits per heavy atom. The zero-order chi connectivity index (χ0) is 15.9. The third-order valence-electron chi connectivity index (χ3n) is 3.29. The zero-order valence-electron chi connectivity index (χ0n) is 12.2. The Morgan fingerprint density at radius 1 is 1.33 bits per heavy atom. The van der Waals surface area contributed by atoms with Gasteiger partial charge in [-0.25, -0.2) is 0 Å². The lowest BCUT2D eigenvalue weighted by atomic mass is 9.79. The highest BCUT2D eigenvalue weighted by molar-refractivity contribution is 5.89. The van der Waals surface area contributed by atoms with Crippen LogP contribution in [0.4, 0.5) is 0 Å². The molecule has 116 valence electrons. The first-order valence-corrected chi connectivity index (χ1v) is 6.62. The Labute approximate surface area is 123 Å². The average molecular weight is 295 g/mol. The molecule has 3 N–H and O–H groups in total. The smallest absolute Gasteiger partial charge is 0.314 e. The highest BCUT2D eigenvalue weighted by atomic mass is 16.5. The Balaban J connectivity index is 2.71. The number of hydrogen-bond acceptors (Lipinski definition) is 4. The van der Waals surface area contributed by atoms with Gasteiger partial charge in [0, 0.05) is 20.1 Å². The van der Waals surface area contributed by atoms with Crippen LogP contribution in [0.15, 0.2) is 30.3 Å². The fraction of sp³-hybridized carbons (Fsp3) is 0.467. The molecule has 0 spiro atoms. The Kier molecular flexibility index (Phi) is 6.33. The summed E-state index contributed by atoms with van der Waals surface area (Å²) in [5.74, 6) is -1.50. The Hall–Kier alpha value is -1.92. The van der Waals surface area contributed by atoms with Crippen LogP contribution in [0.3, 0.4) is 0 Å². The minimum absolute atomic E-state index is 0.0250. The van der Waals surface area contributed by atoms with Gasteiger partial charge in [-0.1, -0.05) is 30.3 Å². The number of carboxylic acids is 1. The fourth-order valence-corrected chi connectivity index (χ4v) is 1.97. The lowest BCUT2D eigenvalue weighted by Gasteiger charge is -2.25. The monoisotopic (exact) mass is 295 g/mol. The van der Waals surface area contributed by atoms with Gasteiger partial charge in [0.1, 0.15) is 0 Å². The van der Waals surface area contributed by atoms with E-state index in [0.717, 1.165) is 0 Å². The standard InChI is InChI=1S/C15H21NO5/c1-15(14(19)20,11-6-4-3-5-7-11)8-13(18)16-9-12(17)10-21-2/h3-7,12,17H,8-10H2,1-2H3,(H,16,18)(H,19,20). The molecule has 1 aromatic rings. The number of aliphatic hydroxyl groups is 1. The highest BCUT2D eigenvalue weighted by Crippen LogP contribution is 2.27. The van der Waals surface area contributed by atoms with Crippen LogP contribution in [-0.2, 0) is 19.7 Å². The number of rotatable bonds is 8. The van der Waals surface area contributed by atoms with Gasteiger partial charge in [-0.05, 0) is 12.5 Å². The summed E-state index contributed by atoms with van der Waals surface area (Å²) < 4.78 is 4.75. The molecule has 1 aromatic carbocycles. The van der Waals surface area contributed by atoms with Gasteiger partial charge in [-0.15, -0.1) is 0 Å². The van der Waals surface area contributed by atoms with Crippen molar-refractivity contribution < 1.29 is 24.5 Å². The molecule has 0 aromatic heterocycles. The number of amides is 1. The van der Waals surface area contributed by atoms with Crippen molar-refractivity contribution in [1.82, 2.24) is 5.32 Å². The van der Waals surface area contributed by atoms with E-state index in [2.05, 4.69) is 5.32 Å². The van der Waals surface area contributed by atoms with E-state index in [-0.39, 0.29) is 19.6 Å². The van der Waals surface area contributed by atoms with E-state index < -0.39 is 23.4 Å². The van der Waals surface area contributed by atoms with Crippen molar-refractivity contribution in [2.45, 2.75) is 24.9 Å². The molecule has 0 radical (unpaired) electrons. The van der Waals surface area contributed by atoms with Crippen molar-refractivity contribution in [2.24, 2.45) is 0 Å². The molecule has 1 amide bonds. The maximum absolute atomic E-state index is 11.9. The summed E-state index contributed by atoms with van der Waals surface area (Å²) in [7, 11) is 1.45. The molecule has 0 heterocycles. The molecule has 6 heteroatoms. The summed E-state index contributed by atoms with van der Waals surface area (Å²) in [6.07, 6.45) is -1.02. The van der Waals surface area contributed by atoms with Gasteiger partial charge < -0.3 is 20.3 Å². The van der Waals surface area contributed by atoms with Crippen LogP contribution in [0, 0.1) is 0 Å². The summed E-state index contributed by atoms with van der Waals surface area (Å²) in [6.45, 7) is 1.64. The number of benzene rings is 1. The predicted molar refractivity (Wildman–Crippen MR) is 76.9 cm³/mol. The zero-order valence-corrected chi connectivity index (χ0v) is 12.2. The number of nitrogens with one attached hydrogen (secondary N) is 1. The summed E-state index contributed by atoms with van der Waals surface area (Å²) in [4.78, 5) is 23.5. The largest absolute Gasteiger partial charge is 0.481 e. The first-order chi connectivity index (χ1) is 9.90. The predicted octanol–water partition coefficient (Wildman–Crippen LogP) is 0.543. The number of aliphatic hydroxyl groups excluding tert-OH is 1. The number of carbonyl (C=O) groups excluding carboxylic acids is 1. The van der Waals surface area contributed by atoms with Crippen LogP contribution >= 0.6 is 0 Å². The number of ether oxygens (including phenoxy) is 1. The summed E-state index contributed by atoms with van der Waals surface area (Å²) in [5, 5.41) is 21.4. The van der Waals surface area contributed by atoms with E-state index in [1.54, 1.807) is 30.3 Å². The number of methoxy groups -OCH3 is 1. The third-order valence-corrected chi connectivity index (χ3v) is 3.29. The molecule has 0 bridgehead atoms. The topological polar surface area (TPSA) is 95.9 Å². The average Bonchev–Trinajstić information content (AvgIpc) is 2.46. The van der Waals surface area contributed by atoms with Gasteiger partial charge >= 0.3 is 5.97 Å². The quantitative estimate of drug-likeness (QED) is 0.650. The molecular weight excluding hydrogens is 274 g/mol. The van der Waals surface area contributed by atoms with E-state index in [1.807, 2.05) is 0 Å². The lowest BCUT2D eigenvalue weighted by molar-refractivity contribution is -0.145. The van der Waals surface area contributed by atoms with Crippen molar-refractivity contribution in [3.63, 3.8) is 0 Å². The molecule has 0 aliphatic heterocycles. The van der Waals surface area contributed by atoms with Gasteiger partial charge in [0.15, 0.2) is 0 Å². The van der Waals surface area contributed by atoms with E-state index in [9.17, 15) is 19.8 Å². The van der Waals surface area contributed by atoms with Crippen LogP contribution < -0.4 is 5.32 Å². The Bertz CT molecular complexity index is 476. The minimum atomic E-state index is -1.31. The van der Waals surface area contributed by atoms with E-state index in [0.29, 0.717) is 5.56 Å². The molecule has 2 atom stereocenters. The molecule has 2 unspecified atom stereocenters. The van der Waals surface area contributed by atoms with Crippen LogP contribution in [-0.4, -0.2) is 48.5 Å². The normalized spacial score (nSPS) is 15.0. The summed E-state index contributed by atoms with van der Waals surface area (Å²) >= 11 is 0. The number of aliphatic carboxylic acids is 1. The van der Waals surface area contributed by atoms with Crippen molar-refractivity contribution in [3.05, 3.63) is 35.9 Å². The van der Waals surface area contributed by atoms with Gasteiger partial charge in [-0.3, -0.25) is 9.59 Å². The maximum Gasteiger partial charge on any atom is 0.314 e. The third kappa shape index (κ3) is 4.84. The fourth-order valence-electron chi connectivity index (χ4n) is 1.97. The molecule has 21 heavy (non-hydrogen) atoms.